The van der Waals surface area contributed by atoms with Crippen LogP contribution in [0, 0.1) is 6.92 Å². The van der Waals surface area contributed by atoms with E-state index < -0.39 is 0 Å². The zero-order valence-corrected chi connectivity index (χ0v) is 15.4. The number of hydrogen-bond donors (Lipinski definition) is 3. The molecule has 132 valence electrons. The van der Waals surface area contributed by atoms with Gasteiger partial charge in [-0.25, -0.2) is 0 Å². The molecule has 3 rings (SSSR count). The van der Waals surface area contributed by atoms with E-state index in [0.29, 0.717) is 5.11 Å². The van der Waals surface area contributed by atoms with Gasteiger partial charge in [0, 0.05) is 17.8 Å². The lowest BCUT2D eigenvalue weighted by atomic mass is 10.2. The van der Waals surface area contributed by atoms with Gasteiger partial charge in [-0.05, 0) is 31.3 Å². The van der Waals surface area contributed by atoms with Crippen LogP contribution in [0.5, 0.6) is 0 Å². The van der Waals surface area contributed by atoms with E-state index in [0.717, 1.165) is 38.5 Å². The number of quaternary nitrogens is 1. The number of benzene rings is 2. The lowest BCUT2D eigenvalue weighted by Crippen LogP contribution is -3.13. The van der Waals surface area contributed by atoms with Crippen molar-refractivity contribution < 1.29 is 9.64 Å². The first kappa shape index (κ1) is 17.9. The maximum atomic E-state index is 5.89. The van der Waals surface area contributed by atoms with Crippen molar-refractivity contribution in [1.82, 2.24) is 5.32 Å². The quantitative estimate of drug-likeness (QED) is 0.714. The van der Waals surface area contributed by atoms with Gasteiger partial charge in [0.1, 0.15) is 25.7 Å². The van der Waals surface area contributed by atoms with Gasteiger partial charge < -0.3 is 20.3 Å². The zero-order chi connectivity index (χ0) is 17.5. The first-order valence-corrected chi connectivity index (χ1v) is 9.20. The molecule has 2 atom stereocenters. The molecule has 0 saturated carbocycles. The highest BCUT2D eigenvalue weighted by molar-refractivity contribution is 7.80. The highest BCUT2D eigenvalue weighted by atomic mass is 32.1. The van der Waals surface area contributed by atoms with Crippen molar-refractivity contribution >= 4 is 23.0 Å². The van der Waals surface area contributed by atoms with Crippen LogP contribution in [0.3, 0.4) is 0 Å². The normalized spacial score (nSPS) is 20.0. The molecule has 1 saturated heterocycles. The van der Waals surface area contributed by atoms with Crippen LogP contribution in [0.15, 0.2) is 54.6 Å². The van der Waals surface area contributed by atoms with E-state index in [9.17, 15) is 0 Å². The molecule has 1 heterocycles. The van der Waals surface area contributed by atoms with Gasteiger partial charge >= 0.3 is 0 Å². The van der Waals surface area contributed by atoms with E-state index in [-0.39, 0.29) is 6.10 Å². The third kappa shape index (κ3) is 5.81. The van der Waals surface area contributed by atoms with Crippen LogP contribution >= 0.6 is 12.2 Å². The number of thiocarbonyl (C=S) groups is 1. The Balaban J connectivity index is 1.43. The molecule has 25 heavy (non-hydrogen) atoms. The zero-order valence-electron chi connectivity index (χ0n) is 14.6. The molecule has 4 nitrogen and oxygen atoms in total. The number of ether oxygens (including phenoxy) is 1. The molecule has 0 amide bonds. The Morgan fingerprint density at radius 3 is 2.68 bits per heavy atom. The van der Waals surface area contributed by atoms with Crippen LogP contribution in [-0.4, -0.2) is 37.5 Å². The highest BCUT2D eigenvalue weighted by Gasteiger charge is 2.23. The number of morpholine rings is 1. The van der Waals surface area contributed by atoms with Crippen LogP contribution in [0.25, 0.3) is 0 Å². The number of nitrogens with one attached hydrogen (secondary N) is 3. The minimum atomic E-state index is 0.185. The predicted octanol–water partition coefficient (Wildman–Crippen LogP) is 1.77. The maximum absolute atomic E-state index is 5.89. The lowest BCUT2D eigenvalue weighted by molar-refractivity contribution is -0.925. The van der Waals surface area contributed by atoms with Gasteiger partial charge in [0.2, 0.25) is 0 Å². The van der Waals surface area contributed by atoms with Gasteiger partial charge in [-0.15, -0.1) is 0 Å². The van der Waals surface area contributed by atoms with E-state index in [1.807, 2.05) is 12.1 Å². The molecule has 0 aromatic heterocycles. The van der Waals surface area contributed by atoms with Crippen LogP contribution in [-0.2, 0) is 11.3 Å². The van der Waals surface area contributed by atoms with Gasteiger partial charge in [0.05, 0.1) is 6.61 Å². The standard InChI is InChI=1S/C20H25N3OS/c1-16-7-9-18(10-8-16)22-20(25)21-13-19-15-23(11-12-24-19)14-17-5-3-2-4-6-17/h2-10,19H,11-15H2,1H3,(H2,21,22,25)/p+1/t19-/m0/s1. The van der Waals surface area contributed by atoms with Crippen molar-refractivity contribution in [1.29, 1.82) is 0 Å². The van der Waals surface area contributed by atoms with E-state index in [2.05, 4.69) is 60.0 Å². The summed E-state index contributed by atoms with van der Waals surface area (Å²) in [6, 6.07) is 18.9. The van der Waals surface area contributed by atoms with Crippen molar-refractivity contribution in [3.05, 3.63) is 65.7 Å². The van der Waals surface area contributed by atoms with Gasteiger partial charge in [-0.2, -0.15) is 0 Å². The molecule has 0 radical (unpaired) electrons. The van der Waals surface area contributed by atoms with E-state index in [1.165, 1.54) is 11.1 Å². The molecule has 0 aliphatic carbocycles. The van der Waals surface area contributed by atoms with Crippen molar-refractivity contribution in [2.45, 2.75) is 19.6 Å². The molecule has 0 bridgehead atoms. The van der Waals surface area contributed by atoms with Gasteiger partial charge in [0.25, 0.3) is 0 Å². The minimum absolute atomic E-state index is 0.185. The fraction of sp³-hybridized carbons (Fsp3) is 0.350. The number of anilines is 1. The average molecular weight is 357 g/mol. The summed E-state index contributed by atoms with van der Waals surface area (Å²) in [5, 5.41) is 7.14. The van der Waals surface area contributed by atoms with Crippen LogP contribution in [0.1, 0.15) is 11.1 Å². The highest BCUT2D eigenvalue weighted by Crippen LogP contribution is 2.08. The molecular formula is C20H26N3OS+. The van der Waals surface area contributed by atoms with Crippen molar-refractivity contribution in [3.63, 3.8) is 0 Å². The van der Waals surface area contributed by atoms with Crippen LogP contribution < -0.4 is 15.5 Å². The third-order valence-corrected chi connectivity index (χ3v) is 4.67. The first-order chi connectivity index (χ1) is 12.2. The van der Waals surface area contributed by atoms with Crippen molar-refractivity contribution in [2.75, 3.05) is 31.6 Å². The second-order valence-corrected chi connectivity index (χ2v) is 6.97. The predicted molar refractivity (Wildman–Crippen MR) is 106 cm³/mol. The van der Waals surface area contributed by atoms with Gasteiger partial charge in [-0.1, -0.05) is 48.0 Å². The smallest absolute Gasteiger partial charge is 0.170 e. The average Bonchev–Trinajstić information content (AvgIpc) is 2.63. The third-order valence-electron chi connectivity index (χ3n) is 4.42. The molecule has 1 aliphatic heterocycles. The van der Waals surface area contributed by atoms with E-state index >= 15 is 0 Å². The maximum Gasteiger partial charge on any atom is 0.170 e. The molecule has 3 N–H and O–H groups in total. The van der Waals surface area contributed by atoms with Crippen molar-refractivity contribution in [2.24, 2.45) is 0 Å². The molecule has 2 aromatic rings. The summed E-state index contributed by atoms with van der Waals surface area (Å²) in [5.74, 6) is 0. The fourth-order valence-corrected chi connectivity index (χ4v) is 3.25. The summed E-state index contributed by atoms with van der Waals surface area (Å²) in [6.45, 7) is 6.70. The summed E-state index contributed by atoms with van der Waals surface area (Å²) < 4.78 is 5.89. The Labute approximate surface area is 155 Å². The molecule has 1 unspecified atom stereocenters. The van der Waals surface area contributed by atoms with Gasteiger partial charge in [-0.3, -0.25) is 0 Å². The van der Waals surface area contributed by atoms with Crippen LogP contribution in [0.2, 0.25) is 0 Å². The first-order valence-electron chi connectivity index (χ1n) is 8.79. The van der Waals surface area contributed by atoms with E-state index in [1.54, 1.807) is 4.90 Å². The Bertz CT molecular complexity index is 675. The molecule has 2 aromatic carbocycles. The molecule has 5 heteroatoms. The molecule has 0 spiro atoms. The summed E-state index contributed by atoms with van der Waals surface area (Å²) >= 11 is 5.39. The number of hydrogen-bond acceptors (Lipinski definition) is 2. The Morgan fingerprint density at radius 2 is 1.92 bits per heavy atom. The molecule has 1 aliphatic rings. The summed E-state index contributed by atoms with van der Waals surface area (Å²) in [7, 11) is 0. The summed E-state index contributed by atoms with van der Waals surface area (Å²) in [4.78, 5) is 1.56. The second-order valence-electron chi connectivity index (χ2n) is 6.56. The fourth-order valence-electron chi connectivity index (χ4n) is 3.05. The Hall–Kier alpha value is -1.95. The Kier molecular flexibility index (Phi) is 6.39. The second kappa shape index (κ2) is 8.94. The monoisotopic (exact) mass is 356 g/mol. The minimum Gasteiger partial charge on any atom is -0.365 e. The summed E-state index contributed by atoms with van der Waals surface area (Å²) in [5.41, 5.74) is 3.62. The number of aryl methyl sites for hydroxylation is 1. The lowest BCUT2D eigenvalue weighted by Gasteiger charge is -2.30. The summed E-state index contributed by atoms with van der Waals surface area (Å²) in [6.07, 6.45) is 0.185. The number of rotatable bonds is 5. The largest absolute Gasteiger partial charge is 0.365 e. The van der Waals surface area contributed by atoms with Crippen LogP contribution in [0.4, 0.5) is 5.69 Å². The van der Waals surface area contributed by atoms with Gasteiger partial charge in [0.15, 0.2) is 5.11 Å². The van der Waals surface area contributed by atoms with Crippen molar-refractivity contribution in [3.8, 4) is 0 Å². The SMILES string of the molecule is Cc1ccc(NC(=S)NC[C@H]2C[NH+](Cc3ccccc3)CCO2)cc1. The molecule has 1 fully saturated rings. The topological polar surface area (TPSA) is 37.7 Å². The Morgan fingerprint density at radius 1 is 1.16 bits per heavy atom. The molecular weight excluding hydrogens is 330 g/mol. The van der Waals surface area contributed by atoms with E-state index in [4.69, 9.17) is 17.0 Å².